The summed E-state index contributed by atoms with van der Waals surface area (Å²) in [4.78, 5) is 21.4. The molecule has 19 heavy (non-hydrogen) atoms. The van der Waals surface area contributed by atoms with Gasteiger partial charge in [0.15, 0.2) is 0 Å². The van der Waals surface area contributed by atoms with Crippen LogP contribution < -0.4 is 5.32 Å². The molecular weight excluding hydrogens is 259 g/mol. The van der Waals surface area contributed by atoms with Crippen LogP contribution in [-0.4, -0.2) is 42.3 Å². The average Bonchev–Trinajstić information content (AvgIpc) is 2.37. The Morgan fingerprint density at radius 2 is 2.32 bits per heavy atom. The minimum Gasteiger partial charge on any atom is -0.394 e. The highest BCUT2D eigenvalue weighted by Crippen LogP contribution is 2.16. The number of benzene rings is 1. The lowest BCUT2D eigenvalue weighted by Gasteiger charge is -2.15. The third kappa shape index (κ3) is 3.97. The minimum absolute atomic E-state index is 0.0663. The smallest absolute Gasteiger partial charge is 0.272 e. The first kappa shape index (κ1) is 15.0. The van der Waals surface area contributed by atoms with Gasteiger partial charge in [-0.25, -0.2) is 4.39 Å². The van der Waals surface area contributed by atoms with Gasteiger partial charge in [0.05, 0.1) is 35.8 Å². The Bertz CT molecular complexity index is 480. The zero-order valence-electron chi connectivity index (χ0n) is 10.1. The van der Waals surface area contributed by atoms with Crippen LogP contribution in [0.1, 0.15) is 10.4 Å². The normalized spacial score (nSPS) is 11.9. The fourth-order valence-electron chi connectivity index (χ4n) is 1.41. The SMILES string of the molecule is COCC(CO)NC(=O)c1ccc([N+](=O)[O-])cc1F. The van der Waals surface area contributed by atoms with Crippen LogP contribution in [0.4, 0.5) is 10.1 Å². The van der Waals surface area contributed by atoms with E-state index in [1.54, 1.807) is 0 Å². The first-order valence-electron chi connectivity index (χ1n) is 5.34. The van der Waals surface area contributed by atoms with Gasteiger partial charge in [-0.3, -0.25) is 14.9 Å². The molecule has 0 heterocycles. The lowest BCUT2D eigenvalue weighted by Crippen LogP contribution is -2.40. The van der Waals surface area contributed by atoms with E-state index in [1.165, 1.54) is 7.11 Å². The summed E-state index contributed by atoms with van der Waals surface area (Å²) in [7, 11) is 1.39. The van der Waals surface area contributed by atoms with Gasteiger partial charge >= 0.3 is 0 Å². The number of nitrogens with one attached hydrogen (secondary N) is 1. The number of carbonyl (C=O) groups excluding carboxylic acids is 1. The van der Waals surface area contributed by atoms with Gasteiger partial charge in [0, 0.05) is 13.2 Å². The molecule has 0 saturated carbocycles. The molecule has 0 bridgehead atoms. The number of hydrogen-bond donors (Lipinski definition) is 2. The summed E-state index contributed by atoms with van der Waals surface area (Å²) in [6.45, 7) is -0.301. The maximum absolute atomic E-state index is 13.5. The monoisotopic (exact) mass is 272 g/mol. The van der Waals surface area contributed by atoms with Crippen LogP contribution in [0.25, 0.3) is 0 Å². The van der Waals surface area contributed by atoms with Crippen molar-refractivity contribution in [3.63, 3.8) is 0 Å². The van der Waals surface area contributed by atoms with Crippen LogP contribution in [0.3, 0.4) is 0 Å². The van der Waals surface area contributed by atoms with Crippen molar-refractivity contribution in [3.05, 3.63) is 39.7 Å². The Balaban J connectivity index is 2.85. The second-order valence-corrected chi connectivity index (χ2v) is 3.73. The molecule has 1 unspecified atom stereocenters. The molecule has 1 atom stereocenters. The Morgan fingerprint density at radius 3 is 2.79 bits per heavy atom. The molecular formula is C11H13FN2O5. The molecule has 104 valence electrons. The van der Waals surface area contributed by atoms with E-state index < -0.39 is 28.4 Å². The second-order valence-electron chi connectivity index (χ2n) is 3.73. The molecule has 8 heteroatoms. The van der Waals surface area contributed by atoms with Crippen molar-refractivity contribution in [1.82, 2.24) is 5.32 Å². The van der Waals surface area contributed by atoms with Gasteiger partial charge in [0.1, 0.15) is 5.82 Å². The quantitative estimate of drug-likeness (QED) is 0.579. The number of amides is 1. The van der Waals surface area contributed by atoms with E-state index in [2.05, 4.69) is 5.32 Å². The van der Waals surface area contributed by atoms with Crippen LogP contribution in [0, 0.1) is 15.9 Å². The minimum atomic E-state index is -0.999. The Kier molecular flexibility index (Phi) is 5.34. The van der Waals surface area contributed by atoms with Gasteiger partial charge < -0.3 is 15.2 Å². The molecule has 0 saturated heterocycles. The van der Waals surface area contributed by atoms with Gasteiger partial charge in [-0.15, -0.1) is 0 Å². The van der Waals surface area contributed by atoms with Gasteiger partial charge in [-0.05, 0) is 6.07 Å². The van der Waals surface area contributed by atoms with E-state index in [1.807, 2.05) is 0 Å². The van der Waals surface area contributed by atoms with Crippen molar-refractivity contribution in [3.8, 4) is 0 Å². The molecule has 0 radical (unpaired) electrons. The van der Waals surface area contributed by atoms with Crippen LogP contribution in [0.2, 0.25) is 0 Å². The van der Waals surface area contributed by atoms with Crippen molar-refractivity contribution in [2.75, 3.05) is 20.3 Å². The van der Waals surface area contributed by atoms with Gasteiger partial charge in [0.25, 0.3) is 11.6 Å². The van der Waals surface area contributed by atoms with Crippen LogP contribution in [-0.2, 0) is 4.74 Å². The molecule has 1 aromatic carbocycles. The highest BCUT2D eigenvalue weighted by Gasteiger charge is 2.18. The third-order valence-corrected chi connectivity index (χ3v) is 2.33. The van der Waals surface area contributed by atoms with Crippen molar-refractivity contribution < 1.29 is 24.0 Å². The van der Waals surface area contributed by atoms with Gasteiger partial charge in [-0.1, -0.05) is 0 Å². The van der Waals surface area contributed by atoms with Gasteiger partial charge in [0.2, 0.25) is 0 Å². The maximum Gasteiger partial charge on any atom is 0.272 e. The van der Waals surface area contributed by atoms with Crippen molar-refractivity contribution >= 4 is 11.6 Å². The van der Waals surface area contributed by atoms with E-state index in [4.69, 9.17) is 9.84 Å². The zero-order valence-corrected chi connectivity index (χ0v) is 10.1. The molecule has 1 rings (SSSR count). The number of rotatable bonds is 6. The average molecular weight is 272 g/mol. The Labute approximate surface area is 108 Å². The molecule has 0 aromatic heterocycles. The number of nitrogens with zero attached hydrogens (tertiary/aromatic N) is 1. The lowest BCUT2D eigenvalue weighted by atomic mass is 10.1. The Morgan fingerprint density at radius 1 is 1.63 bits per heavy atom. The standard InChI is InChI=1S/C11H13FN2O5/c1-19-6-7(5-15)13-11(16)9-3-2-8(14(17)18)4-10(9)12/h2-4,7,15H,5-6H2,1H3,(H,13,16). The van der Waals surface area contributed by atoms with Gasteiger partial charge in [-0.2, -0.15) is 0 Å². The summed E-state index contributed by atoms with van der Waals surface area (Å²) in [6.07, 6.45) is 0. The number of carbonyl (C=O) groups is 1. The predicted molar refractivity (Wildman–Crippen MR) is 63.3 cm³/mol. The summed E-state index contributed by atoms with van der Waals surface area (Å²) in [5.41, 5.74) is -0.773. The molecule has 2 N–H and O–H groups in total. The number of halogens is 1. The Hall–Kier alpha value is -2.06. The summed E-state index contributed by atoms with van der Waals surface area (Å²) in [5, 5.41) is 21.7. The molecule has 0 fully saturated rings. The van der Waals surface area contributed by atoms with E-state index in [-0.39, 0.29) is 18.8 Å². The first-order chi connectivity index (χ1) is 8.99. The highest BCUT2D eigenvalue weighted by atomic mass is 19.1. The fourth-order valence-corrected chi connectivity index (χ4v) is 1.41. The number of aliphatic hydroxyl groups is 1. The van der Waals surface area contributed by atoms with Crippen LogP contribution in [0.5, 0.6) is 0 Å². The molecule has 7 nitrogen and oxygen atoms in total. The van der Waals surface area contributed by atoms with E-state index in [0.29, 0.717) is 6.07 Å². The zero-order chi connectivity index (χ0) is 14.4. The fraction of sp³-hybridized carbons (Fsp3) is 0.364. The van der Waals surface area contributed by atoms with Crippen LogP contribution in [0.15, 0.2) is 18.2 Å². The summed E-state index contributed by atoms with van der Waals surface area (Å²) in [5.74, 6) is -1.77. The number of nitro groups is 1. The van der Waals surface area contributed by atoms with Crippen molar-refractivity contribution in [1.29, 1.82) is 0 Å². The number of aliphatic hydroxyl groups excluding tert-OH is 1. The molecule has 1 aromatic rings. The number of ether oxygens (including phenoxy) is 1. The van der Waals surface area contributed by atoms with Crippen molar-refractivity contribution in [2.45, 2.75) is 6.04 Å². The molecule has 0 aliphatic heterocycles. The molecule has 0 spiro atoms. The maximum atomic E-state index is 13.5. The third-order valence-electron chi connectivity index (χ3n) is 2.33. The van der Waals surface area contributed by atoms with E-state index in [9.17, 15) is 19.3 Å². The number of hydrogen-bond acceptors (Lipinski definition) is 5. The second kappa shape index (κ2) is 6.76. The predicted octanol–water partition coefficient (Wildman–Crippen LogP) is 0.471. The van der Waals surface area contributed by atoms with E-state index >= 15 is 0 Å². The lowest BCUT2D eigenvalue weighted by molar-refractivity contribution is -0.385. The van der Waals surface area contributed by atoms with Crippen LogP contribution >= 0.6 is 0 Å². The summed E-state index contributed by atoms with van der Waals surface area (Å²) >= 11 is 0. The topological polar surface area (TPSA) is 102 Å². The molecule has 0 aliphatic rings. The number of methoxy groups -OCH3 is 1. The molecule has 0 aliphatic carbocycles. The molecule has 1 amide bonds. The van der Waals surface area contributed by atoms with Crippen molar-refractivity contribution in [2.24, 2.45) is 0 Å². The number of non-ortho nitro benzene ring substituents is 1. The van der Waals surface area contributed by atoms with E-state index in [0.717, 1.165) is 12.1 Å². The summed E-state index contributed by atoms with van der Waals surface area (Å²) in [6, 6.07) is 2.04. The first-order valence-corrected chi connectivity index (χ1v) is 5.34. The number of nitro benzene ring substituents is 1. The highest BCUT2D eigenvalue weighted by molar-refractivity contribution is 5.94. The summed E-state index contributed by atoms with van der Waals surface area (Å²) < 4.78 is 18.3. The largest absolute Gasteiger partial charge is 0.394 e.